The van der Waals surface area contributed by atoms with Gasteiger partial charge in [-0.15, -0.1) is 5.10 Å². The number of anilines is 1. The zero-order chi connectivity index (χ0) is 13.1. The van der Waals surface area contributed by atoms with Crippen LogP contribution >= 0.6 is 11.8 Å². The van der Waals surface area contributed by atoms with E-state index in [2.05, 4.69) is 10.2 Å². The van der Waals surface area contributed by atoms with E-state index in [9.17, 15) is 4.79 Å². The van der Waals surface area contributed by atoms with E-state index >= 15 is 0 Å². The van der Waals surface area contributed by atoms with Crippen LogP contribution in [-0.4, -0.2) is 14.8 Å². The number of para-hydroxylation sites is 1. The summed E-state index contributed by atoms with van der Waals surface area (Å²) in [6.07, 6.45) is 0. The monoisotopic (exact) mass is 264 g/mol. The molecule has 18 heavy (non-hydrogen) atoms. The van der Waals surface area contributed by atoms with E-state index in [-0.39, 0.29) is 11.7 Å². The molecule has 1 heterocycles. The molecule has 0 radical (unpaired) electrons. The minimum Gasteiger partial charge on any atom is -0.398 e. The molecule has 0 spiro atoms. The number of aromatic nitrogens is 3. The maximum absolute atomic E-state index is 11.6. The summed E-state index contributed by atoms with van der Waals surface area (Å²) in [5.41, 5.74) is 7.52. The highest BCUT2D eigenvalue weighted by Crippen LogP contribution is 2.24. The van der Waals surface area contributed by atoms with Crippen molar-refractivity contribution < 1.29 is 0 Å². The molecule has 0 amide bonds. The Kier molecular flexibility index (Phi) is 3.76. The Labute approximate surface area is 109 Å². The molecule has 1 aromatic heterocycles. The summed E-state index contributed by atoms with van der Waals surface area (Å²) in [6, 6.07) is 7.80. The average Bonchev–Trinajstić information content (AvgIpc) is 2.69. The van der Waals surface area contributed by atoms with Gasteiger partial charge < -0.3 is 5.73 Å². The Balaban J connectivity index is 2.16. The van der Waals surface area contributed by atoms with E-state index < -0.39 is 0 Å². The summed E-state index contributed by atoms with van der Waals surface area (Å²) in [6.45, 7) is 3.91. The predicted octanol–water partition coefficient (Wildman–Crippen LogP) is 2.03. The zero-order valence-corrected chi connectivity index (χ0v) is 11.2. The van der Waals surface area contributed by atoms with Gasteiger partial charge in [-0.1, -0.05) is 30.0 Å². The van der Waals surface area contributed by atoms with Crippen molar-refractivity contribution >= 4 is 17.4 Å². The largest absolute Gasteiger partial charge is 0.398 e. The number of thioether (sulfide) groups is 1. The van der Waals surface area contributed by atoms with Gasteiger partial charge in [0.15, 0.2) is 5.16 Å². The molecule has 3 N–H and O–H groups in total. The quantitative estimate of drug-likeness (QED) is 0.654. The van der Waals surface area contributed by atoms with Crippen molar-refractivity contribution in [1.82, 2.24) is 14.8 Å². The van der Waals surface area contributed by atoms with E-state index in [4.69, 9.17) is 5.73 Å². The molecule has 6 heteroatoms. The van der Waals surface area contributed by atoms with Crippen molar-refractivity contribution in [3.63, 3.8) is 0 Å². The zero-order valence-electron chi connectivity index (χ0n) is 10.4. The van der Waals surface area contributed by atoms with Gasteiger partial charge in [0.2, 0.25) is 0 Å². The highest BCUT2D eigenvalue weighted by molar-refractivity contribution is 7.98. The fraction of sp³-hybridized carbons (Fsp3) is 0.333. The van der Waals surface area contributed by atoms with Crippen molar-refractivity contribution in [2.24, 2.45) is 0 Å². The van der Waals surface area contributed by atoms with Crippen LogP contribution in [0.2, 0.25) is 0 Å². The van der Waals surface area contributed by atoms with Gasteiger partial charge in [-0.25, -0.2) is 9.89 Å². The lowest BCUT2D eigenvalue weighted by atomic mass is 10.2. The first-order chi connectivity index (χ1) is 8.59. The second-order valence-corrected chi connectivity index (χ2v) is 5.21. The highest BCUT2D eigenvalue weighted by Gasteiger charge is 2.12. The van der Waals surface area contributed by atoms with Gasteiger partial charge in [0, 0.05) is 17.5 Å². The molecule has 5 nitrogen and oxygen atoms in total. The molecule has 96 valence electrons. The number of hydrogen-bond acceptors (Lipinski definition) is 4. The Morgan fingerprint density at radius 3 is 2.83 bits per heavy atom. The van der Waals surface area contributed by atoms with Gasteiger partial charge in [-0.3, -0.25) is 4.57 Å². The topological polar surface area (TPSA) is 76.7 Å². The smallest absolute Gasteiger partial charge is 0.344 e. The molecule has 2 aromatic rings. The first-order valence-corrected chi connectivity index (χ1v) is 6.71. The first-order valence-electron chi connectivity index (χ1n) is 5.72. The van der Waals surface area contributed by atoms with Gasteiger partial charge in [-0.05, 0) is 25.5 Å². The normalized spacial score (nSPS) is 11.1. The summed E-state index contributed by atoms with van der Waals surface area (Å²) in [7, 11) is 0. The fourth-order valence-electron chi connectivity index (χ4n) is 1.66. The van der Waals surface area contributed by atoms with Gasteiger partial charge in [0.25, 0.3) is 0 Å². The highest BCUT2D eigenvalue weighted by atomic mass is 32.2. The molecule has 0 aliphatic heterocycles. The lowest BCUT2D eigenvalue weighted by Gasteiger charge is -2.09. The molecule has 2 rings (SSSR count). The van der Waals surface area contributed by atoms with Crippen LogP contribution in [0.5, 0.6) is 0 Å². The van der Waals surface area contributed by atoms with E-state index in [0.29, 0.717) is 10.9 Å². The van der Waals surface area contributed by atoms with E-state index in [1.54, 1.807) is 4.57 Å². The van der Waals surface area contributed by atoms with Crippen molar-refractivity contribution in [3.8, 4) is 0 Å². The second kappa shape index (κ2) is 5.30. The van der Waals surface area contributed by atoms with Crippen LogP contribution in [-0.2, 0) is 5.75 Å². The number of nitrogens with one attached hydrogen (secondary N) is 1. The molecule has 0 saturated heterocycles. The summed E-state index contributed by atoms with van der Waals surface area (Å²) in [4.78, 5) is 11.6. The maximum atomic E-state index is 11.6. The molecule has 0 atom stereocenters. The van der Waals surface area contributed by atoms with Crippen LogP contribution in [0.25, 0.3) is 0 Å². The molecular weight excluding hydrogens is 248 g/mol. The number of nitrogen functional groups attached to an aromatic ring is 1. The van der Waals surface area contributed by atoms with Crippen LogP contribution in [0.15, 0.2) is 34.2 Å². The van der Waals surface area contributed by atoms with Gasteiger partial charge in [-0.2, -0.15) is 0 Å². The molecule has 0 aliphatic rings. The van der Waals surface area contributed by atoms with Crippen LogP contribution in [0.1, 0.15) is 25.5 Å². The average molecular weight is 264 g/mol. The van der Waals surface area contributed by atoms with Crippen molar-refractivity contribution in [2.45, 2.75) is 30.8 Å². The standard InChI is InChI=1S/C12H16N4OS/c1-8(2)16-11(17)14-15-12(16)18-7-9-5-3-4-6-10(9)13/h3-6,8H,7,13H2,1-2H3,(H,14,17). The van der Waals surface area contributed by atoms with Crippen LogP contribution in [0.4, 0.5) is 5.69 Å². The number of H-pyrrole nitrogens is 1. The van der Waals surface area contributed by atoms with Gasteiger partial charge in [0.1, 0.15) is 0 Å². The Morgan fingerprint density at radius 1 is 1.44 bits per heavy atom. The maximum Gasteiger partial charge on any atom is 0.344 e. The van der Waals surface area contributed by atoms with Gasteiger partial charge >= 0.3 is 5.69 Å². The summed E-state index contributed by atoms with van der Waals surface area (Å²) < 4.78 is 1.64. The predicted molar refractivity (Wildman–Crippen MR) is 73.6 cm³/mol. The molecule has 1 aromatic carbocycles. The van der Waals surface area contributed by atoms with Crippen molar-refractivity contribution in [2.75, 3.05) is 5.73 Å². The first kappa shape index (κ1) is 12.8. The molecule has 0 unspecified atom stereocenters. The molecule has 0 aliphatic carbocycles. The number of aromatic amines is 1. The van der Waals surface area contributed by atoms with E-state index in [1.807, 2.05) is 38.1 Å². The molecule has 0 fully saturated rings. The SMILES string of the molecule is CC(C)n1c(SCc2ccccc2N)n[nH]c1=O. The van der Waals surface area contributed by atoms with Crippen LogP contribution < -0.4 is 11.4 Å². The van der Waals surface area contributed by atoms with Crippen molar-refractivity contribution in [1.29, 1.82) is 0 Å². The Morgan fingerprint density at radius 2 is 2.17 bits per heavy atom. The molecule has 0 saturated carbocycles. The number of rotatable bonds is 4. The number of hydrogen-bond donors (Lipinski definition) is 2. The number of nitrogens with two attached hydrogens (primary N) is 1. The number of benzene rings is 1. The van der Waals surface area contributed by atoms with Gasteiger partial charge in [0.05, 0.1) is 0 Å². The van der Waals surface area contributed by atoms with Crippen LogP contribution in [0.3, 0.4) is 0 Å². The lowest BCUT2D eigenvalue weighted by Crippen LogP contribution is -2.19. The lowest BCUT2D eigenvalue weighted by molar-refractivity contribution is 0.534. The Hall–Kier alpha value is -1.69. The fourth-order valence-corrected chi connectivity index (χ4v) is 2.75. The van der Waals surface area contributed by atoms with E-state index in [1.165, 1.54) is 11.8 Å². The Bertz CT molecular complexity index is 588. The van der Waals surface area contributed by atoms with E-state index in [0.717, 1.165) is 11.3 Å². The second-order valence-electron chi connectivity index (χ2n) is 4.26. The minimum absolute atomic E-state index is 0.0897. The number of nitrogens with zero attached hydrogens (tertiary/aromatic N) is 2. The third kappa shape index (κ3) is 2.59. The molecule has 0 bridgehead atoms. The minimum atomic E-state index is -0.173. The third-order valence-electron chi connectivity index (χ3n) is 2.60. The van der Waals surface area contributed by atoms with Crippen LogP contribution in [0, 0.1) is 0 Å². The summed E-state index contributed by atoms with van der Waals surface area (Å²) >= 11 is 1.50. The third-order valence-corrected chi connectivity index (χ3v) is 3.60. The summed E-state index contributed by atoms with van der Waals surface area (Å²) in [5, 5.41) is 7.20. The van der Waals surface area contributed by atoms with Crippen molar-refractivity contribution in [3.05, 3.63) is 40.3 Å². The summed E-state index contributed by atoms with van der Waals surface area (Å²) in [5.74, 6) is 0.698. The molecular formula is C12H16N4OS.